The second kappa shape index (κ2) is 12.0. The summed E-state index contributed by atoms with van der Waals surface area (Å²) in [5.74, 6) is 0.929. The van der Waals surface area contributed by atoms with Crippen molar-refractivity contribution >= 4 is 28.5 Å². The smallest absolute Gasteiger partial charge is 0.145 e. The van der Waals surface area contributed by atoms with Crippen molar-refractivity contribution in [3.63, 3.8) is 0 Å². The Kier molecular flexibility index (Phi) is 6.85. The molecule has 3 nitrogen and oxygen atoms in total. The normalized spacial score (nSPS) is 13.3. The molecule has 254 valence electrons. The number of rotatable bonds is 4. The van der Waals surface area contributed by atoms with Crippen molar-refractivity contribution in [3.05, 3.63) is 210 Å². The minimum atomic E-state index is -0.537. The Bertz CT molecular complexity index is 2900. The molecule has 1 spiro atoms. The van der Waals surface area contributed by atoms with Crippen LogP contribution in [0.2, 0.25) is 0 Å². The Hall–Kier alpha value is -6.62. The van der Waals surface area contributed by atoms with Gasteiger partial charge in [-0.1, -0.05) is 139 Å². The number of hydrogen-bond acceptors (Lipinski definition) is 3. The summed E-state index contributed by atoms with van der Waals surface area (Å²) in [5.41, 5.74) is 23.1. The van der Waals surface area contributed by atoms with E-state index in [9.17, 15) is 0 Å². The van der Waals surface area contributed by atoms with Gasteiger partial charge in [0.25, 0.3) is 0 Å². The molecule has 0 saturated heterocycles. The van der Waals surface area contributed by atoms with Crippen molar-refractivity contribution < 1.29 is 0 Å². The van der Waals surface area contributed by atoms with Crippen LogP contribution < -0.4 is 5.73 Å². The molecule has 1 aliphatic heterocycles. The number of para-hydroxylation sites is 3. The van der Waals surface area contributed by atoms with Crippen LogP contribution in [-0.4, -0.2) is 9.55 Å². The highest BCUT2D eigenvalue weighted by Crippen LogP contribution is 2.63. The fourth-order valence-corrected chi connectivity index (χ4v) is 10.2. The zero-order valence-corrected chi connectivity index (χ0v) is 30.1. The Morgan fingerprint density at radius 1 is 0.463 bits per heavy atom. The third-order valence-electron chi connectivity index (χ3n) is 11.2. The van der Waals surface area contributed by atoms with Gasteiger partial charge in [-0.3, -0.25) is 4.57 Å². The standard InChI is InChI=1S/C50H33N3S/c51-36-16-11-14-33(30-36)32-13-10-15-34(29-32)38-19-12-22-42-48(38)39-28-27-35(49-52-44-23-6-7-24-45(44)53(49)37-17-2-1-3-18-37)31-43(39)50(42)40-20-4-8-25-46(40)54-47-26-9-5-21-41(47)50/h1-31H,51H2. The number of nitrogen functional groups attached to an aromatic ring is 1. The van der Waals surface area contributed by atoms with Crippen LogP contribution in [-0.2, 0) is 5.41 Å². The molecule has 2 heterocycles. The Morgan fingerprint density at radius 3 is 1.91 bits per heavy atom. The SMILES string of the molecule is Nc1cccc(-c2cccc(-c3cccc4c3-c3ccc(-c5nc6ccccc6n5-c5ccccc5)cc3C43c4ccccc4Sc4ccccc43)c2)c1. The number of hydrogen-bond donors (Lipinski definition) is 1. The third kappa shape index (κ3) is 4.47. The van der Waals surface area contributed by atoms with E-state index in [4.69, 9.17) is 10.7 Å². The van der Waals surface area contributed by atoms with Crippen LogP contribution in [0.15, 0.2) is 198 Å². The first-order valence-electron chi connectivity index (χ1n) is 18.3. The maximum Gasteiger partial charge on any atom is 0.145 e. The number of nitrogens with zero attached hydrogens (tertiary/aromatic N) is 2. The Balaban J connectivity index is 1.22. The highest BCUT2D eigenvalue weighted by atomic mass is 32.2. The molecular formula is C50H33N3S. The van der Waals surface area contributed by atoms with E-state index in [-0.39, 0.29) is 0 Å². The van der Waals surface area contributed by atoms with Gasteiger partial charge in [-0.05, 0) is 116 Å². The highest BCUT2D eigenvalue weighted by Gasteiger charge is 2.51. The third-order valence-corrected chi connectivity index (χ3v) is 12.3. The molecule has 8 aromatic carbocycles. The molecule has 1 aromatic heterocycles. The molecule has 0 bridgehead atoms. The number of benzene rings is 8. The summed E-state index contributed by atoms with van der Waals surface area (Å²) in [6.45, 7) is 0. The molecule has 11 rings (SSSR count). The zero-order valence-electron chi connectivity index (χ0n) is 29.3. The van der Waals surface area contributed by atoms with Gasteiger partial charge in [0.2, 0.25) is 0 Å². The predicted molar refractivity (Wildman–Crippen MR) is 223 cm³/mol. The summed E-state index contributed by atoms with van der Waals surface area (Å²) < 4.78 is 2.30. The summed E-state index contributed by atoms with van der Waals surface area (Å²) in [6, 6.07) is 68.0. The lowest BCUT2D eigenvalue weighted by Gasteiger charge is -2.39. The fourth-order valence-electron chi connectivity index (χ4n) is 8.97. The van der Waals surface area contributed by atoms with Crippen LogP contribution in [0.1, 0.15) is 22.3 Å². The molecule has 2 aliphatic rings. The van der Waals surface area contributed by atoms with Crippen LogP contribution >= 0.6 is 11.8 Å². The average Bonchev–Trinajstić information content (AvgIpc) is 3.76. The largest absolute Gasteiger partial charge is 0.399 e. The molecule has 54 heavy (non-hydrogen) atoms. The van der Waals surface area contributed by atoms with Crippen molar-refractivity contribution in [2.75, 3.05) is 5.73 Å². The van der Waals surface area contributed by atoms with Gasteiger partial charge in [0.05, 0.1) is 16.4 Å². The predicted octanol–water partition coefficient (Wildman–Crippen LogP) is 12.4. The Labute approximate surface area is 318 Å². The zero-order chi connectivity index (χ0) is 35.8. The number of fused-ring (bicyclic) bond motifs is 10. The molecule has 0 atom stereocenters. The molecule has 0 fully saturated rings. The van der Waals surface area contributed by atoms with Crippen molar-refractivity contribution in [1.82, 2.24) is 9.55 Å². The number of imidazole rings is 1. The fraction of sp³-hybridized carbons (Fsp3) is 0.0200. The van der Waals surface area contributed by atoms with Gasteiger partial charge >= 0.3 is 0 Å². The highest BCUT2D eigenvalue weighted by molar-refractivity contribution is 7.99. The van der Waals surface area contributed by atoms with Gasteiger partial charge in [0.1, 0.15) is 5.82 Å². The lowest BCUT2D eigenvalue weighted by atomic mass is 9.67. The molecule has 0 unspecified atom stereocenters. The second-order valence-electron chi connectivity index (χ2n) is 14.1. The van der Waals surface area contributed by atoms with E-state index in [0.29, 0.717) is 0 Å². The van der Waals surface area contributed by atoms with E-state index in [2.05, 4.69) is 180 Å². The number of anilines is 1. The van der Waals surface area contributed by atoms with E-state index < -0.39 is 5.41 Å². The number of aromatic nitrogens is 2. The molecular weight excluding hydrogens is 675 g/mol. The summed E-state index contributed by atoms with van der Waals surface area (Å²) in [6.07, 6.45) is 0. The molecule has 9 aromatic rings. The molecule has 1 aliphatic carbocycles. The van der Waals surface area contributed by atoms with Crippen LogP contribution in [0.5, 0.6) is 0 Å². The van der Waals surface area contributed by atoms with Gasteiger partial charge in [-0.2, -0.15) is 0 Å². The van der Waals surface area contributed by atoms with E-state index in [1.165, 1.54) is 54.3 Å². The van der Waals surface area contributed by atoms with E-state index in [1.54, 1.807) is 0 Å². The molecule has 0 saturated carbocycles. The van der Waals surface area contributed by atoms with Crippen molar-refractivity contribution in [1.29, 1.82) is 0 Å². The second-order valence-corrected chi connectivity index (χ2v) is 15.2. The molecule has 2 N–H and O–H groups in total. The van der Waals surface area contributed by atoms with Crippen LogP contribution in [0.25, 0.3) is 61.5 Å². The monoisotopic (exact) mass is 707 g/mol. The van der Waals surface area contributed by atoms with E-state index in [1.807, 2.05) is 23.9 Å². The quantitative estimate of drug-likeness (QED) is 0.185. The van der Waals surface area contributed by atoms with Gasteiger partial charge in [0, 0.05) is 26.7 Å². The minimum Gasteiger partial charge on any atom is -0.399 e. The van der Waals surface area contributed by atoms with Gasteiger partial charge in [-0.15, -0.1) is 0 Å². The van der Waals surface area contributed by atoms with Gasteiger partial charge in [0.15, 0.2) is 0 Å². The minimum absolute atomic E-state index is 0.537. The van der Waals surface area contributed by atoms with Gasteiger partial charge in [-0.25, -0.2) is 4.98 Å². The maximum atomic E-state index is 6.24. The molecule has 0 radical (unpaired) electrons. The van der Waals surface area contributed by atoms with E-state index in [0.717, 1.165) is 44.9 Å². The lowest BCUT2D eigenvalue weighted by molar-refractivity contribution is 0.722. The number of nitrogens with two attached hydrogens (primary N) is 1. The van der Waals surface area contributed by atoms with Crippen molar-refractivity contribution in [2.24, 2.45) is 0 Å². The maximum absolute atomic E-state index is 6.24. The van der Waals surface area contributed by atoms with Crippen LogP contribution in [0.4, 0.5) is 5.69 Å². The average molecular weight is 708 g/mol. The summed E-state index contributed by atoms with van der Waals surface area (Å²) in [7, 11) is 0. The lowest BCUT2D eigenvalue weighted by Crippen LogP contribution is -2.32. The molecule has 4 heteroatoms. The van der Waals surface area contributed by atoms with Crippen molar-refractivity contribution in [3.8, 4) is 50.5 Å². The molecule has 0 amide bonds. The van der Waals surface area contributed by atoms with Crippen LogP contribution in [0, 0.1) is 0 Å². The Morgan fingerprint density at radius 2 is 1.11 bits per heavy atom. The van der Waals surface area contributed by atoms with E-state index >= 15 is 0 Å². The summed E-state index contributed by atoms with van der Waals surface area (Å²) in [5, 5.41) is 0. The summed E-state index contributed by atoms with van der Waals surface area (Å²) >= 11 is 1.87. The summed E-state index contributed by atoms with van der Waals surface area (Å²) in [4.78, 5) is 7.88. The topological polar surface area (TPSA) is 43.8 Å². The van der Waals surface area contributed by atoms with Crippen LogP contribution in [0.3, 0.4) is 0 Å². The first kappa shape index (κ1) is 31.0. The van der Waals surface area contributed by atoms with Gasteiger partial charge < -0.3 is 5.73 Å². The first-order valence-corrected chi connectivity index (χ1v) is 19.1. The first-order chi connectivity index (χ1) is 26.7. The van der Waals surface area contributed by atoms with Crippen molar-refractivity contribution in [2.45, 2.75) is 15.2 Å².